The third-order valence-corrected chi connectivity index (χ3v) is 6.52. The highest BCUT2D eigenvalue weighted by atomic mass is 32.2. The molecule has 1 aliphatic heterocycles. The second-order valence-corrected chi connectivity index (χ2v) is 10.3. The molecule has 1 heterocycles. The van der Waals surface area contributed by atoms with Crippen molar-refractivity contribution in [1.29, 1.82) is 0 Å². The van der Waals surface area contributed by atoms with E-state index >= 15 is 0 Å². The van der Waals surface area contributed by atoms with E-state index in [1.54, 1.807) is 51.1 Å². The summed E-state index contributed by atoms with van der Waals surface area (Å²) in [6.07, 6.45) is -0.158. The standard InChI is InChI=1S/C21H30N2O7S/c1-21(2,3)30-19(25)14-22-12-13-23(17(20(22)26)10-11-18(24)29-4)31(27,28)15-16-8-6-5-7-9-16/h5-9,17H,10-15H2,1-4H3/t17-/m1/s1. The molecule has 1 aromatic rings. The van der Waals surface area contributed by atoms with Crippen molar-refractivity contribution in [2.45, 2.75) is 51.0 Å². The van der Waals surface area contributed by atoms with Gasteiger partial charge in [0.2, 0.25) is 15.9 Å². The van der Waals surface area contributed by atoms with Crippen LogP contribution in [0.4, 0.5) is 0 Å². The Bertz CT molecular complexity index is 894. The van der Waals surface area contributed by atoms with Crippen molar-refractivity contribution in [3.63, 3.8) is 0 Å². The molecule has 0 saturated carbocycles. The number of carbonyl (C=O) groups is 3. The lowest BCUT2D eigenvalue weighted by molar-refractivity contribution is -0.161. The van der Waals surface area contributed by atoms with Crippen molar-refractivity contribution in [1.82, 2.24) is 9.21 Å². The van der Waals surface area contributed by atoms with Crippen LogP contribution in [-0.2, 0) is 39.6 Å². The fourth-order valence-corrected chi connectivity index (χ4v) is 5.05. The number of amides is 1. The third kappa shape index (κ3) is 7.32. The molecule has 1 amide bonds. The number of nitrogens with zero attached hydrogens (tertiary/aromatic N) is 2. The fourth-order valence-electron chi connectivity index (χ4n) is 3.33. The van der Waals surface area contributed by atoms with E-state index in [1.807, 2.05) is 0 Å². The number of hydrogen-bond donors (Lipinski definition) is 0. The van der Waals surface area contributed by atoms with Crippen LogP contribution >= 0.6 is 0 Å². The van der Waals surface area contributed by atoms with Gasteiger partial charge < -0.3 is 14.4 Å². The van der Waals surface area contributed by atoms with Gasteiger partial charge in [-0.15, -0.1) is 0 Å². The Balaban J connectivity index is 2.21. The molecule has 0 N–H and O–H groups in total. The van der Waals surface area contributed by atoms with Gasteiger partial charge in [0.1, 0.15) is 18.2 Å². The molecule has 0 aliphatic carbocycles. The molecule has 9 nitrogen and oxygen atoms in total. The van der Waals surface area contributed by atoms with E-state index < -0.39 is 39.5 Å². The van der Waals surface area contributed by atoms with Crippen LogP contribution in [-0.4, -0.2) is 73.9 Å². The molecule has 0 spiro atoms. The Morgan fingerprint density at radius 2 is 1.74 bits per heavy atom. The molecular weight excluding hydrogens is 424 g/mol. The van der Waals surface area contributed by atoms with Gasteiger partial charge >= 0.3 is 11.9 Å². The van der Waals surface area contributed by atoms with Crippen LogP contribution in [0.2, 0.25) is 0 Å². The highest BCUT2D eigenvalue weighted by molar-refractivity contribution is 7.88. The zero-order valence-corrected chi connectivity index (χ0v) is 19.2. The van der Waals surface area contributed by atoms with Gasteiger partial charge in [0.05, 0.1) is 12.9 Å². The number of methoxy groups -OCH3 is 1. The van der Waals surface area contributed by atoms with E-state index in [9.17, 15) is 22.8 Å². The Kier molecular flexibility index (Phi) is 8.19. The number of hydrogen-bond acceptors (Lipinski definition) is 7. The van der Waals surface area contributed by atoms with E-state index in [4.69, 9.17) is 4.74 Å². The van der Waals surface area contributed by atoms with Crippen LogP contribution in [0.15, 0.2) is 30.3 Å². The molecular formula is C21H30N2O7S. The molecule has 1 fully saturated rings. The maximum Gasteiger partial charge on any atom is 0.326 e. The highest BCUT2D eigenvalue weighted by Gasteiger charge is 2.41. The summed E-state index contributed by atoms with van der Waals surface area (Å²) in [5.74, 6) is -1.91. The summed E-state index contributed by atoms with van der Waals surface area (Å²) in [5, 5.41) is 0. The third-order valence-electron chi connectivity index (χ3n) is 4.67. The lowest BCUT2D eigenvalue weighted by Crippen LogP contribution is -2.59. The monoisotopic (exact) mass is 454 g/mol. The van der Waals surface area contributed by atoms with Crippen molar-refractivity contribution in [2.75, 3.05) is 26.7 Å². The second kappa shape index (κ2) is 10.2. The summed E-state index contributed by atoms with van der Waals surface area (Å²) >= 11 is 0. The summed E-state index contributed by atoms with van der Waals surface area (Å²) in [5.41, 5.74) is -0.108. The Labute approximate surface area is 183 Å². The topological polar surface area (TPSA) is 110 Å². The number of ether oxygens (including phenoxy) is 2. The highest BCUT2D eigenvalue weighted by Crippen LogP contribution is 2.23. The number of benzene rings is 1. The van der Waals surface area contributed by atoms with Crippen LogP contribution in [0.1, 0.15) is 39.2 Å². The van der Waals surface area contributed by atoms with Crippen LogP contribution in [0.3, 0.4) is 0 Å². The van der Waals surface area contributed by atoms with Gasteiger partial charge in [-0.25, -0.2) is 8.42 Å². The predicted octanol–water partition coefficient (Wildman–Crippen LogP) is 1.32. The minimum atomic E-state index is -3.84. The first-order valence-electron chi connectivity index (χ1n) is 10.0. The molecule has 0 bridgehead atoms. The van der Waals surface area contributed by atoms with Gasteiger partial charge in [0.15, 0.2) is 0 Å². The van der Waals surface area contributed by atoms with E-state index in [2.05, 4.69) is 4.74 Å². The SMILES string of the molecule is COC(=O)CC[C@@H]1C(=O)N(CC(=O)OC(C)(C)C)CCN1S(=O)(=O)Cc1ccccc1. The van der Waals surface area contributed by atoms with Crippen molar-refractivity contribution >= 4 is 27.9 Å². The zero-order chi connectivity index (χ0) is 23.2. The van der Waals surface area contributed by atoms with Gasteiger partial charge in [-0.1, -0.05) is 30.3 Å². The molecule has 1 saturated heterocycles. The first-order valence-corrected chi connectivity index (χ1v) is 11.6. The maximum absolute atomic E-state index is 13.1. The summed E-state index contributed by atoms with van der Waals surface area (Å²) in [6.45, 7) is 4.97. The van der Waals surface area contributed by atoms with Gasteiger partial charge in [-0.2, -0.15) is 4.31 Å². The Hall–Kier alpha value is -2.46. The first-order chi connectivity index (χ1) is 14.4. The summed E-state index contributed by atoms with van der Waals surface area (Å²) in [7, 11) is -2.61. The molecule has 10 heteroatoms. The molecule has 1 aromatic carbocycles. The van der Waals surface area contributed by atoms with Crippen molar-refractivity contribution in [3.8, 4) is 0 Å². The quantitative estimate of drug-likeness (QED) is 0.545. The van der Waals surface area contributed by atoms with Crippen molar-refractivity contribution in [2.24, 2.45) is 0 Å². The smallest absolute Gasteiger partial charge is 0.326 e. The lowest BCUT2D eigenvalue weighted by Gasteiger charge is -2.39. The van der Waals surface area contributed by atoms with Crippen molar-refractivity contribution < 1.29 is 32.3 Å². The molecule has 0 radical (unpaired) electrons. The van der Waals surface area contributed by atoms with Gasteiger partial charge in [0.25, 0.3) is 0 Å². The zero-order valence-electron chi connectivity index (χ0n) is 18.4. The molecule has 2 rings (SSSR count). The predicted molar refractivity (Wildman–Crippen MR) is 113 cm³/mol. The van der Waals surface area contributed by atoms with Crippen molar-refractivity contribution in [3.05, 3.63) is 35.9 Å². The Morgan fingerprint density at radius 3 is 2.32 bits per heavy atom. The molecule has 0 unspecified atom stereocenters. The molecule has 1 aliphatic rings. The summed E-state index contributed by atoms with van der Waals surface area (Å²) in [4.78, 5) is 38.2. The van der Waals surface area contributed by atoms with Gasteiger partial charge in [0, 0.05) is 19.5 Å². The largest absolute Gasteiger partial charge is 0.469 e. The molecule has 0 aromatic heterocycles. The number of rotatable bonds is 8. The van der Waals surface area contributed by atoms with E-state index in [-0.39, 0.29) is 38.2 Å². The van der Waals surface area contributed by atoms with E-state index in [0.717, 1.165) is 4.31 Å². The number of esters is 2. The number of sulfonamides is 1. The fraction of sp³-hybridized carbons (Fsp3) is 0.571. The van der Waals surface area contributed by atoms with Crippen LogP contribution in [0.5, 0.6) is 0 Å². The number of piperazine rings is 1. The molecule has 172 valence electrons. The maximum atomic E-state index is 13.1. The molecule has 31 heavy (non-hydrogen) atoms. The lowest BCUT2D eigenvalue weighted by atomic mass is 10.1. The molecule has 1 atom stereocenters. The van der Waals surface area contributed by atoms with Crippen LogP contribution in [0.25, 0.3) is 0 Å². The average Bonchev–Trinajstić information content (AvgIpc) is 2.67. The van der Waals surface area contributed by atoms with Gasteiger partial charge in [-0.3, -0.25) is 14.4 Å². The minimum Gasteiger partial charge on any atom is -0.469 e. The summed E-state index contributed by atoms with van der Waals surface area (Å²) < 4.78 is 37.2. The van der Waals surface area contributed by atoms with E-state index in [1.165, 1.54) is 12.0 Å². The van der Waals surface area contributed by atoms with Crippen LogP contribution in [0, 0.1) is 0 Å². The first kappa shape index (κ1) is 24.8. The van der Waals surface area contributed by atoms with Crippen LogP contribution < -0.4 is 0 Å². The summed E-state index contributed by atoms with van der Waals surface area (Å²) in [6, 6.07) is 7.56. The van der Waals surface area contributed by atoms with E-state index in [0.29, 0.717) is 5.56 Å². The number of carbonyl (C=O) groups excluding carboxylic acids is 3. The Morgan fingerprint density at radius 1 is 1.10 bits per heavy atom. The average molecular weight is 455 g/mol. The normalized spacial score (nSPS) is 18.0. The minimum absolute atomic E-state index is 0.0234. The second-order valence-electron chi connectivity index (χ2n) is 8.33. The van der Waals surface area contributed by atoms with Gasteiger partial charge in [-0.05, 0) is 32.8 Å².